The molecule has 0 spiro atoms. The SMILES string of the molecule is COc1ccc(S(=O)(=O)NC(C)(C)C(=O)Nc2ccc(OC)c(Cl)c2)cc1. The molecule has 0 aromatic heterocycles. The van der Waals surface area contributed by atoms with Crippen LogP contribution in [-0.4, -0.2) is 34.1 Å². The molecule has 0 aliphatic rings. The van der Waals surface area contributed by atoms with Crippen LogP contribution in [0.3, 0.4) is 0 Å². The van der Waals surface area contributed by atoms with Crippen molar-refractivity contribution >= 4 is 33.2 Å². The maximum atomic E-state index is 12.6. The summed E-state index contributed by atoms with van der Waals surface area (Å²) in [6.45, 7) is 2.93. The average Bonchev–Trinajstić information content (AvgIpc) is 2.61. The first kappa shape index (κ1) is 21.0. The van der Waals surface area contributed by atoms with E-state index in [-0.39, 0.29) is 4.90 Å². The minimum absolute atomic E-state index is 0.0247. The number of amides is 1. The standard InChI is InChI=1S/C18H21ClN2O5S/c1-18(2,17(22)20-12-5-10-16(26-4)15(19)11-12)21-27(23,24)14-8-6-13(25-3)7-9-14/h5-11,21H,1-4H3,(H,20,22). The number of sulfonamides is 1. The molecule has 0 aliphatic heterocycles. The lowest BCUT2D eigenvalue weighted by Gasteiger charge is -2.25. The summed E-state index contributed by atoms with van der Waals surface area (Å²) >= 11 is 6.04. The van der Waals surface area contributed by atoms with Crippen LogP contribution in [-0.2, 0) is 14.8 Å². The van der Waals surface area contributed by atoms with Crippen molar-refractivity contribution in [2.75, 3.05) is 19.5 Å². The molecule has 7 nitrogen and oxygen atoms in total. The lowest BCUT2D eigenvalue weighted by atomic mass is 10.1. The number of methoxy groups -OCH3 is 2. The van der Waals surface area contributed by atoms with Crippen LogP contribution < -0.4 is 19.5 Å². The molecule has 2 rings (SSSR count). The van der Waals surface area contributed by atoms with Gasteiger partial charge in [-0.3, -0.25) is 4.79 Å². The predicted molar refractivity (Wildman–Crippen MR) is 104 cm³/mol. The van der Waals surface area contributed by atoms with Gasteiger partial charge in [-0.05, 0) is 56.3 Å². The van der Waals surface area contributed by atoms with Crippen LogP contribution in [0.1, 0.15) is 13.8 Å². The van der Waals surface area contributed by atoms with Crippen molar-refractivity contribution in [2.24, 2.45) is 0 Å². The third-order valence-corrected chi connectivity index (χ3v) is 5.70. The van der Waals surface area contributed by atoms with Gasteiger partial charge in [0.15, 0.2) is 0 Å². The van der Waals surface area contributed by atoms with E-state index in [1.807, 2.05) is 0 Å². The highest BCUT2D eigenvalue weighted by atomic mass is 35.5. The number of halogens is 1. The topological polar surface area (TPSA) is 93.7 Å². The fraction of sp³-hybridized carbons (Fsp3) is 0.278. The molecule has 0 saturated heterocycles. The zero-order chi connectivity index (χ0) is 20.2. The Labute approximate surface area is 163 Å². The summed E-state index contributed by atoms with van der Waals surface area (Å²) in [4.78, 5) is 12.6. The van der Waals surface area contributed by atoms with Gasteiger partial charge >= 0.3 is 0 Å². The molecule has 2 aromatic rings. The van der Waals surface area contributed by atoms with E-state index in [0.717, 1.165) is 0 Å². The second kappa shape index (κ2) is 8.16. The fourth-order valence-corrected chi connectivity index (χ4v) is 3.86. The second-order valence-electron chi connectivity index (χ2n) is 6.21. The number of anilines is 1. The minimum Gasteiger partial charge on any atom is -0.497 e. The van der Waals surface area contributed by atoms with Crippen LogP contribution in [0.5, 0.6) is 11.5 Å². The number of carbonyl (C=O) groups excluding carboxylic acids is 1. The summed E-state index contributed by atoms with van der Waals surface area (Å²) < 4.78 is 37.6. The van der Waals surface area contributed by atoms with Gasteiger partial charge in [0.1, 0.15) is 17.0 Å². The van der Waals surface area contributed by atoms with Crippen LogP contribution in [0.15, 0.2) is 47.4 Å². The van der Waals surface area contributed by atoms with E-state index in [0.29, 0.717) is 22.2 Å². The van der Waals surface area contributed by atoms with E-state index in [4.69, 9.17) is 21.1 Å². The molecule has 0 saturated carbocycles. The van der Waals surface area contributed by atoms with Gasteiger partial charge in [0.25, 0.3) is 0 Å². The largest absolute Gasteiger partial charge is 0.497 e. The van der Waals surface area contributed by atoms with Gasteiger partial charge in [-0.2, -0.15) is 4.72 Å². The summed E-state index contributed by atoms with van der Waals surface area (Å²) in [5.74, 6) is 0.456. The summed E-state index contributed by atoms with van der Waals surface area (Å²) in [6, 6.07) is 10.6. The van der Waals surface area contributed by atoms with Crippen molar-refractivity contribution in [1.82, 2.24) is 4.72 Å². The maximum Gasteiger partial charge on any atom is 0.245 e. The van der Waals surface area contributed by atoms with Crippen LogP contribution >= 0.6 is 11.6 Å². The molecule has 0 unspecified atom stereocenters. The van der Waals surface area contributed by atoms with Gasteiger partial charge in [0.2, 0.25) is 15.9 Å². The van der Waals surface area contributed by atoms with Gasteiger partial charge < -0.3 is 14.8 Å². The van der Waals surface area contributed by atoms with E-state index in [2.05, 4.69) is 10.0 Å². The van der Waals surface area contributed by atoms with Crippen molar-refractivity contribution in [3.63, 3.8) is 0 Å². The first-order valence-corrected chi connectivity index (χ1v) is 9.78. The zero-order valence-electron chi connectivity index (χ0n) is 15.4. The van der Waals surface area contributed by atoms with Crippen molar-refractivity contribution < 1.29 is 22.7 Å². The highest BCUT2D eigenvalue weighted by molar-refractivity contribution is 7.89. The Morgan fingerprint density at radius 2 is 1.67 bits per heavy atom. The molecule has 1 amide bonds. The fourth-order valence-electron chi connectivity index (χ4n) is 2.23. The van der Waals surface area contributed by atoms with Crippen molar-refractivity contribution in [3.05, 3.63) is 47.5 Å². The van der Waals surface area contributed by atoms with E-state index in [9.17, 15) is 13.2 Å². The molecule has 0 fully saturated rings. The normalized spacial score (nSPS) is 11.7. The Bertz CT molecular complexity index is 927. The van der Waals surface area contributed by atoms with E-state index >= 15 is 0 Å². The Balaban J connectivity index is 2.16. The summed E-state index contributed by atoms with van der Waals surface area (Å²) in [5, 5.41) is 2.97. The molecular weight excluding hydrogens is 392 g/mol. The summed E-state index contributed by atoms with van der Waals surface area (Å²) in [5.41, 5.74) is -0.993. The predicted octanol–water partition coefficient (Wildman–Crippen LogP) is 3.05. The van der Waals surface area contributed by atoms with Gasteiger partial charge in [-0.25, -0.2) is 8.42 Å². The minimum atomic E-state index is -3.91. The van der Waals surface area contributed by atoms with Crippen LogP contribution in [0.25, 0.3) is 0 Å². The first-order valence-electron chi connectivity index (χ1n) is 7.92. The van der Waals surface area contributed by atoms with Gasteiger partial charge in [0.05, 0.1) is 24.1 Å². The highest BCUT2D eigenvalue weighted by Crippen LogP contribution is 2.27. The zero-order valence-corrected chi connectivity index (χ0v) is 16.9. The molecule has 0 aliphatic carbocycles. The highest BCUT2D eigenvalue weighted by Gasteiger charge is 2.33. The average molecular weight is 413 g/mol. The lowest BCUT2D eigenvalue weighted by molar-refractivity contribution is -0.120. The molecule has 9 heteroatoms. The summed E-state index contributed by atoms with van der Waals surface area (Å²) in [6.07, 6.45) is 0. The van der Waals surface area contributed by atoms with E-state index in [1.165, 1.54) is 58.4 Å². The molecule has 27 heavy (non-hydrogen) atoms. The molecule has 146 valence electrons. The molecule has 2 N–H and O–H groups in total. The van der Waals surface area contributed by atoms with E-state index in [1.54, 1.807) is 12.1 Å². The van der Waals surface area contributed by atoms with Crippen LogP contribution in [0, 0.1) is 0 Å². The molecule has 0 atom stereocenters. The van der Waals surface area contributed by atoms with Gasteiger partial charge in [-0.1, -0.05) is 11.6 Å². The van der Waals surface area contributed by atoms with Crippen molar-refractivity contribution in [2.45, 2.75) is 24.3 Å². The number of carbonyl (C=O) groups is 1. The molecular formula is C18H21ClN2O5S. The molecule has 0 heterocycles. The number of rotatable bonds is 7. The number of hydrogen-bond acceptors (Lipinski definition) is 5. The smallest absolute Gasteiger partial charge is 0.245 e. The number of hydrogen-bond donors (Lipinski definition) is 2. The lowest BCUT2D eigenvalue weighted by Crippen LogP contribution is -2.52. The number of benzene rings is 2. The van der Waals surface area contributed by atoms with Crippen molar-refractivity contribution in [3.8, 4) is 11.5 Å². The second-order valence-corrected chi connectivity index (χ2v) is 8.30. The Kier molecular flexibility index (Phi) is 6.35. The van der Waals surface area contributed by atoms with Gasteiger partial charge in [0, 0.05) is 5.69 Å². The van der Waals surface area contributed by atoms with Crippen LogP contribution in [0.2, 0.25) is 5.02 Å². The quantitative estimate of drug-likeness (QED) is 0.728. The Morgan fingerprint density at radius 3 is 2.19 bits per heavy atom. The molecule has 2 aromatic carbocycles. The van der Waals surface area contributed by atoms with Crippen LogP contribution in [0.4, 0.5) is 5.69 Å². The van der Waals surface area contributed by atoms with Crippen molar-refractivity contribution in [1.29, 1.82) is 0 Å². The number of ether oxygens (including phenoxy) is 2. The maximum absolute atomic E-state index is 12.6. The third kappa shape index (κ3) is 5.12. The number of nitrogens with one attached hydrogen (secondary N) is 2. The monoisotopic (exact) mass is 412 g/mol. The van der Waals surface area contributed by atoms with Gasteiger partial charge in [-0.15, -0.1) is 0 Å². The first-order chi connectivity index (χ1) is 12.6. The molecule has 0 bridgehead atoms. The summed E-state index contributed by atoms with van der Waals surface area (Å²) in [7, 11) is -0.942. The Morgan fingerprint density at radius 1 is 1.04 bits per heavy atom. The van der Waals surface area contributed by atoms with E-state index < -0.39 is 21.5 Å². The Hall–Kier alpha value is -2.29. The third-order valence-electron chi connectivity index (χ3n) is 3.74. The molecule has 0 radical (unpaired) electrons.